The van der Waals surface area contributed by atoms with Crippen molar-refractivity contribution in [3.8, 4) is 123 Å². The van der Waals surface area contributed by atoms with E-state index in [4.69, 9.17) is 19.4 Å². The molecule has 0 unspecified atom stereocenters. The number of rotatable bonds is 11. The van der Waals surface area contributed by atoms with Gasteiger partial charge in [0, 0.05) is 68.1 Å². The third-order valence-corrected chi connectivity index (χ3v) is 16.1. The minimum absolute atomic E-state index is 0.873. The quantitative estimate of drug-likeness (QED) is 0.130. The number of hydrogen-bond donors (Lipinski definition) is 0. The normalized spacial score (nSPS) is 11.4. The van der Waals surface area contributed by atoms with Crippen LogP contribution in [0.15, 0.2) is 314 Å². The van der Waals surface area contributed by atoms with Gasteiger partial charge in [-0.15, -0.1) is 0 Å². The average Bonchev–Trinajstić information content (AvgIpc) is 4.13. The lowest BCUT2D eigenvalue weighted by Crippen LogP contribution is -1.95. The van der Waals surface area contributed by atoms with E-state index in [9.17, 15) is 0 Å². The Morgan fingerprint density at radius 2 is 0.602 bits per heavy atom. The molecule has 0 radical (unpaired) electrons. The van der Waals surface area contributed by atoms with Crippen molar-refractivity contribution in [2.24, 2.45) is 0 Å². The Hall–Kier alpha value is -11.1. The summed E-state index contributed by atoms with van der Waals surface area (Å²) in [4.78, 5) is 15.4. The number of nitrogens with zero attached hydrogens (tertiary/aromatic N) is 3. The third-order valence-electron chi connectivity index (χ3n) is 16.1. The smallest absolute Gasteiger partial charge is 0.136 e. The van der Waals surface area contributed by atoms with Crippen LogP contribution in [0.1, 0.15) is 0 Å². The van der Waals surface area contributed by atoms with Crippen molar-refractivity contribution in [1.29, 1.82) is 0 Å². The van der Waals surface area contributed by atoms with Gasteiger partial charge in [-0.1, -0.05) is 231 Å². The molecule has 15 aromatic rings. The van der Waals surface area contributed by atoms with Gasteiger partial charge in [0.25, 0.3) is 0 Å². The highest BCUT2D eigenvalue weighted by Gasteiger charge is 2.20. The highest BCUT2D eigenvalue weighted by molar-refractivity contribution is 6.08. The predicted molar refractivity (Wildman–Crippen MR) is 344 cm³/mol. The van der Waals surface area contributed by atoms with Gasteiger partial charge in [-0.25, -0.2) is 0 Å². The van der Waals surface area contributed by atoms with Crippen LogP contribution in [0.4, 0.5) is 0 Å². The number of hydrogen-bond acceptors (Lipinski definition) is 4. The van der Waals surface area contributed by atoms with Crippen LogP contribution in [-0.4, -0.2) is 15.0 Å². The molecule has 0 aliphatic heterocycles. The summed E-state index contributed by atoms with van der Waals surface area (Å²) in [7, 11) is 0. The van der Waals surface area contributed by atoms with Gasteiger partial charge in [0.15, 0.2) is 0 Å². The van der Waals surface area contributed by atoms with Gasteiger partial charge in [0.1, 0.15) is 11.2 Å². The highest BCUT2D eigenvalue weighted by Crippen LogP contribution is 2.45. The van der Waals surface area contributed by atoms with Gasteiger partial charge in [-0.3, -0.25) is 15.0 Å². The number of benzene rings is 11. The fourth-order valence-electron chi connectivity index (χ4n) is 12.0. The molecule has 0 saturated heterocycles. The van der Waals surface area contributed by atoms with Gasteiger partial charge in [-0.2, -0.15) is 0 Å². The van der Waals surface area contributed by atoms with Crippen LogP contribution in [0.2, 0.25) is 0 Å². The summed E-state index contributed by atoms with van der Waals surface area (Å²) in [6, 6.07) is 104. The third kappa shape index (κ3) is 9.34. The van der Waals surface area contributed by atoms with Gasteiger partial charge in [0.2, 0.25) is 0 Å². The number of furan rings is 1. The molecule has 0 aliphatic rings. The summed E-state index contributed by atoms with van der Waals surface area (Å²) < 4.78 is 6.35. The molecule has 83 heavy (non-hydrogen) atoms. The molecule has 15 rings (SSSR count). The van der Waals surface area contributed by atoms with Gasteiger partial charge >= 0.3 is 0 Å². The molecule has 4 aromatic heterocycles. The van der Waals surface area contributed by atoms with Gasteiger partial charge in [-0.05, 0) is 138 Å². The van der Waals surface area contributed by atoms with Crippen LogP contribution in [0.5, 0.6) is 0 Å². The van der Waals surface area contributed by atoms with Crippen LogP contribution in [0, 0.1) is 0 Å². The number of para-hydroxylation sites is 1. The van der Waals surface area contributed by atoms with Gasteiger partial charge in [0.05, 0.1) is 17.1 Å². The Labute approximate surface area is 482 Å². The molecule has 4 heteroatoms. The van der Waals surface area contributed by atoms with Crippen molar-refractivity contribution in [3.05, 3.63) is 310 Å². The first-order valence-corrected chi connectivity index (χ1v) is 28.1. The molecule has 0 bridgehead atoms. The van der Waals surface area contributed by atoms with Crippen molar-refractivity contribution in [2.75, 3.05) is 0 Å². The van der Waals surface area contributed by atoms with E-state index >= 15 is 0 Å². The van der Waals surface area contributed by atoms with E-state index in [2.05, 4.69) is 273 Å². The molecule has 0 amide bonds. The molecule has 0 N–H and O–H groups in total. The number of fused-ring (bicyclic) bond motifs is 4. The molecule has 388 valence electrons. The standard InChI is InChI=1S/C79H51N3O/c1-4-19-52(20-5-1)56-36-40-72-73(47-56)74(51-82-79(72)58-26-18-25-55(43-58)57-35-39-71-70-33-16-17-34-77(70)83-78(71)48-57)69-32-15-14-31-68(69)63-45-61(66-29-12-10-27-64(66)59-37-41-75(80-49-59)53-21-6-2-7-22-53)44-62(46-63)67-30-13-11-28-65(67)60-38-42-76(81-50-60)54-23-8-3-9-24-54/h1-51H. The van der Waals surface area contributed by atoms with Crippen molar-refractivity contribution in [1.82, 2.24) is 15.0 Å². The molecule has 0 fully saturated rings. The predicted octanol–water partition coefficient (Wildman–Crippen LogP) is 21.3. The lowest BCUT2D eigenvalue weighted by molar-refractivity contribution is 0.669. The summed E-state index contributed by atoms with van der Waals surface area (Å²) in [5.74, 6) is 0. The summed E-state index contributed by atoms with van der Waals surface area (Å²) in [6.45, 7) is 0. The molecule has 0 spiro atoms. The van der Waals surface area contributed by atoms with Crippen LogP contribution in [-0.2, 0) is 0 Å². The summed E-state index contributed by atoms with van der Waals surface area (Å²) >= 11 is 0. The minimum Gasteiger partial charge on any atom is -0.456 e. The molecular formula is C79H51N3O. The maximum absolute atomic E-state index is 6.35. The Bertz CT molecular complexity index is 4730. The lowest BCUT2D eigenvalue weighted by Gasteiger charge is -2.19. The second-order valence-electron chi connectivity index (χ2n) is 21.1. The second-order valence-corrected chi connectivity index (χ2v) is 21.1. The SMILES string of the molecule is c1ccc(-c2ccc3c(-c4cccc(-c5ccc6c(c5)oc5ccccc56)c4)ncc(-c4ccccc4-c4cc(-c5ccccc5-c5ccc(-c6ccccc6)nc5)cc(-c5ccccc5-c5ccc(-c6ccccc6)nc5)c4)c3c2)cc1. The number of pyridine rings is 3. The van der Waals surface area contributed by atoms with Crippen molar-refractivity contribution in [2.45, 2.75) is 0 Å². The van der Waals surface area contributed by atoms with Crippen LogP contribution >= 0.6 is 0 Å². The van der Waals surface area contributed by atoms with E-state index in [0.717, 1.165) is 155 Å². The van der Waals surface area contributed by atoms with Crippen LogP contribution in [0.3, 0.4) is 0 Å². The molecule has 11 aromatic carbocycles. The molecule has 0 aliphatic carbocycles. The number of aromatic nitrogens is 3. The highest BCUT2D eigenvalue weighted by atomic mass is 16.3. The first kappa shape index (κ1) is 49.0. The van der Waals surface area contributed by atoms with Crippen molar-refractivity contribution in [3.63, 3.8) is 0 Å². The Morgan fingerprint density at radius 1 is 0.193 bits per heavy atom. The van der Waals surface area contributed by atoms with Crippen LogP contribution in [0.25, 0.3) is 155 Å². The van der Waals surface area contributed by atoms with E-state index in [1.54, 1.807) is 0 Å². The van der Waals surface area contributed by atoms with E-state index < -0.39 is 0 Å². The van der Waals surface area contributed by atoms with E-state index in [1.165, 1.54) is 0 Å². The van der Waals surface area contributed by atoms with Crippen molar-refractivity contribution < 1.29 is 4.42 Å². The molecule has 4 heterocycles. The molecule has 0 saturated carbocycles. The largest absolute Gasteiger partial charge is 0.456 e. The first-order chi connectivity index (χ1) is 41.1. The zero-order valence-corrected chi connectivity index (χ0v) is 45.2. The minimum atomic E-state index is 0.873. The monoisotopic (exact) mass is 1060 g/mol. The Balaban J connectivity index is 0.896. The summed E-state index contributed by atoms with van der Waals surface area (Å²) in [5, 5.41) is 4.41. The zero-order valence-electron chi connectivity index (χ0n) is 45.2. The fourth-order valence-corrected chi connectivity index (χ4v) is 12.0. The van der Waals surface area contributed by atoms with Crippen molar-refractivity contribution >= 4 is 32.7 Å². The van der Waals surface area contributed by atoms with Gasteiger partial charge < -0.3 is 4.42 Å². The molecule has 0 atom stereocenters. The average molecular weight is 1060 g/mol. The maximum Gasteiger partial charge on any atom is 0.136 e. The molecular weight excluding hydrogens is 1010 g/mol. The topological polar surface area (TPSA) is 51.8 Å². The van der Waals surface area contributed by atoms with Crippen LogP contribution < -0.4 is 0 Å². The summed E-state index contributed by atoms with van der Waals surface area (Å²) in [6.07, 6.45) is 6.10. The Morgan fingerprint density at radius 3 is 1.17 bits per heavy atom. The fraction of sp³-hybridized carbons (Fsp3) is 0. The summed E-state index contributed by atoms with van der Waals surface area (Å²) in [5.41, 5.74) is 25.2. The second kappa shape index (κ2) is 21.2. The zero-order chi connectivity index (χ0) is 55.1. The van der Waals surface area contributed by atoms with E-state index in [1.807, 2.05) is 36.7 Å². The first-order valence-electron chi connectivity index (χ1n) is 28.1. The van der Waals surface area contributed by atoms with E-state index in [0.29, 0.717) is 0 Å². The maximum atomic E-state index is 6.35. The lowest BCUT2D eigenvalue weighted by atomic mass is 9.85. The van der Waals surface area contributed by atoms with E-state index in [-0.39, 0.29) is 0 Å². The Kier molecular flexibility index (Phi) is 12.5. The molecule has 4 nitrogen and oxygen atoms in total.